The zero-order valence-corrected chi connectivity index (χ0v) is 23.9. The van der Waals surface area contributed by atoms with Gasteiger partial charge in [0.2, 0.25) is 0 Å². The number of halogens is 3. The van der Waals surface area contributed by atoms with Crippen LogP contribution in [0.25, 0.3) is 11.1 Å². The van der Waals surface area contributed by atoms with Crippen molar-refractivity contribution >= 4 is 29.0 Å². The number of thiophene rings is 1. The van der Waals surface area contributed by atoms with Crippen molar-refractivity contribution in [1.29, 1.82) is 0 Å². The number of carbonyl (C=O) groups excluding carboxylic acids is 1. The van der Waals surface area contributed by atoms with Gasteiger partial charge in [0, 0.05) is 15.0 Å². The van der Waals surface area contributed by atoms with E-state index in [1.54, 1.807) is 11.8 Å². The van der Waals surface area contributed by atoms with Crippen molar-refractivity contribution in [1.82, 2.24) is 25.9 Å². The summed E-state index contributed by atoms with van der Waals surface area (Å²) < 4.78 is 39.1. The van der Waals surface area contributed by atoms with E-state index < -0.39 is 11.7 Å². The Morgan fingerprint density at radius 2 is 1.72 bits per heavy atom. The van der Waals surface area contributed by atoms with Crippen molar-refractivity contribution in [3.8, 4) is 11.1 Å². The second-order valence-electron chi connectivity index (χ2n) is 10.6. The zero-order chi connectivity index (χ0) is 28.4. The van der Waals surface area contributed by atoms with Gasteiger partial charge in [-0.3, -0.25) is 4.79 Å². The summed E-state index contributed by atoms with van der Waals surface area (Å²) in [6, 6.07) is 13.3. The number of carbonyl (C=O) groups is 1. The van der Waals surface area contributed by atoms with E-state index >= 15 is 0 Å². The van der Waals surface area contributed by atoms with Crippen LogP contribution < -0.4 is 5.32 Å². The van der Waals surface area contributed by atoms with E-state index in [0.29, 0.717) is 10.7 Å². The summed E-state index contributed by atoms with van der Waals surface area (Å²) in [5, 5.41) is 16.5. The average Bonchev–Trinajstić information content (AvgIpc) is 3.53. The largest absolute Gasteiger partial charge is 0.416 e. The summed E-state index contributed by atoms with van der Waals surface area (Å²) >= 11 is 3.21. The smallest absolute Gasteiger partial charge is 0.344 e. The van der Waals surface area contributed by atoms with Crippen molar-refractivity contribution in [3.63, 3.8) is 0 Å². The van der Waals surface area contributed by atoms with Gasteiger partial charge in [-0.25, -0.2) is 0 Å². The average molecular weight is 574 g/mol. The number of thioether (sulfide) groups is 1. The Morgan fingerprint density at radius 1 is 1.05 bits per heavy atom. The summed E-state index contributed by atoms with van der Waals surface area (Å²) in [6.07, 6.45) is -3.47. The maximum Gasteiger partial charge on any atom is 0.416 e. The fourth-order valence-corrected chi connectivity index (χ4v) is 7.14. The van der Waals surface area contributed by atoms with Gasteiger partial charge in [-0.2, -0.15) is 18.4 Å². The van der Waals surface area contributed by atoms with Gasteiger partial charge in [-0.15, -0.1) is 33.3 Å². The van der Waals surface area contributed by atoms with Gasteiger partial charge in [0.05, 0.1) is 17.0 Å². The highest BCUT2D eigenvalue weighted by Crippen LogP contribution is 2.46. The third-order valence-corrected chi connectivity index (χ3v) is 8.61. The first-order chi connectivity index (χ1) is 18.3. The monoisotopic (exact) mass is 573 g/mol. The number of benzene rings is 2. The SMILES string of the molecule is Cc1cc(S[C@@H](CC(C)(C)C)c2ccc(C(=O)NCc3nn[nH]n3)s2)cc(C)c1-c1ccc(C(F)(F)F)cc1. The number of aryl methyl sites for hydroxylation is 2. The van der Waals surface area contributed by atoms with Crippen molar-refractivity contribution < 1.29 is 18.0 Å². The molecule has 2 N–H and O–H groups in total. The summed E-state index contributed by atoms with van der Waals surface area (Å²) in [4.78, 5) is 15.5. The Morgan fingerprint density at radius 3 is 2.28 bits per heavy atom. The number of amides is 1. The lowest BCUT2D eigenvalue weighted by molar-refractivity contribution is -0.137. The lowest BCUT2D eigenvalue weighted by atomic mass is 9.90. The molecule has 0 aliphatic heterocycles. The molecule has 1 atom stereocenters. The van der Waals surface area contributed by atoms with E-state index in [0.717, 1.165) is 50.6 Å². The fourth-order valence-electron chi connectivity index (χ4n) is 4.35. The number of nitrogens with zero attached hydrogens (tertiary/aromatic N) is 3. The van der Waals surface area contributed by atoms with E-state index in [-0.39, 0.29) is 23.1 Å². The van der Waals surface area contributed by atoms with Crippen LogP contribution in [0.15, 0.2) is 53.4 Å². The van der Waals surface area contributed by atoms with Crippen LogP contribution in [0.4, 0.5) is 13.2 Å². The number of alkyl halides is 3. The van der Waals surface area contributed by atoms with Gasteiger partial charge in [-0.05, 0) is 84.3 Å². The predicted octanol–water partition coefficient (Wildman–Crippen LogP) is 7.76. The van der Waals surface area contributed by atoms with Crippen LogP contribution in [0, 0.1) is 19.3 Å². The molecule has 0 unspecified atom stereocenters. The highest BCUT2D eigenvalue weighted by atomic mass is 32.2. The van der Waals surface area contributed by atoms with Crippen molar-refractivity contribution in [3.05, 3.63) is 80.8 Å². The Labute approximate surface area is 233 Å². The number of tetrazole rings is 1. The molecule has 2 heterocycles. The maximum absolute atomic E-state index is 13.0. The van der Waals surface area contributed by atoms with Crippen LogP contribution in [0.1, 0.15) is 69.5 Å². The first-order valence-electron chi connectivity index (χ1n) is 12.4. The van der Waals surface area contributed by atoms with E-state index in [2.05, 4.69) is 58.8 Å². The molecule has 0 saturated heterocycles. The molecule has 2 aromatic heterocycles. The van der Waals surface area contributed by atoms with E-state index in [1.807, 2.05) is 26.0 Å². The molecule has 6 nitrogen and oxygen atoms in total. The van der Waals surface area contributed by atoms with E-state index in [1.165, 1.54) is 23.5 Å². The number of aromatic amines is 1. The molecule has 0 bridgehead atoms. The minimum atomic E-state index is -4.36. The van der Waals surface area contributed by atoms with E-state index in [9.17, 15) is 18.0 Å². The number of hydrogen-bond acceptors (Lipinski definition) is 6. The maximum atomic E-state index is 13.0. The van der Waals surface area contributed by atoms with Crippen molar-refractivity contribution in [2.45, 2.75) is 63.9 Å². The van der Waals surface area contributed by atoms with Gasteiger partial charge in [0.15, 0.2) is 5.82 Å². The highest BCUT2D eigenvalue weighted by Gasteiger charge is 2.30. The van der Waals surface area contributed by atoms with Gasteiger partial charge >= 0.3 is 6.18 Å². The molecule has 1 amide bonds. The van der Waals surface area contributed by atoms with Gasteiger partial charge in [-0.1, -0.05) is 38.1 Å². The molecule has 206 valence electrons. The molecule has 11 heteroatoms. The first kappa shape index (κ1) is 28.8. The highest BCUT2D eigenvalue weighted by molar-refractivity contribution is 7.99. The number of hydrogen-bond donors (Lipinski definition) is 2. The minimum absolute atomic E-state index is 0.0486. The Kier molecular flexibility index (Phi) is 8.51. The third-order valence-electron chi connectivity index (χ3n) is 6.05. The van der Waals surface area contributed by atoms with Crippen LogP contribution in [0.5, 0.6) is 0 Å². The molecule has 39 heavy (non-hydrogen) atoms. The Bertz CT molecular complexity index is 1400. The standard InChI is InChI=1S/C28H30F3N5OS2/c1-16-12-20(13-17(2)25(16)18-6-8-19(9-7-18)28(29,30)31)38-23(14-27(3,4)5)21-10-11-22(39-21)26(37)32-15-24-33-35-36-34-24/h6-13,23H,14-15H2,1-5H3,(H,32,37)(H,33,34,35,36)/t23-/m0/s1. The Balaban J connectivity index is 1.55. The normalized spacial score (nSPS) is 12.9. The summed E-state index contributed by atoms with van der Waals surface area (Å²) in [6.45, 7) is 10.7. The zero-order valence-electron chi connectivity index (χ0n) is 22.3. The van der Waals surface area contributed by atoms with Crippen LogP contribution >= 0.6 is 23.1 Å². The number of nitrogens with one attached hydrogen (secondary N) is 2. The fraction of sp³-hybridized carbons (Fsp3) is 0.357. The van der Waals surface area contributed by atoms with Gasteiger partial charge in [0.1, 0.15) is 0 Å². The summed E-state index contributed by atoms with van der Waals surface area (Å²) in [5.74, 6) is 0.218. The summed E-state index contributed by atoms with van der Waals surface area (Å²) in [5.41, 5.74) is 3.09. The van der Waals surface area contributed by atoms with Crippen LogP contribution in [0.3, 0.4) is 0 Å². The molecule has 0 aliphatic rings. The van der Waals surface area contributed by atoms with Crippen molar-refractivity contribution in [2.75, 3.05) is 0 Å². The predicted molar refractivity (Wildman–Crippen MR) is 149 cm³/mol. The molecule has 4 rings (SSSR count). The van der Waals surface area contributed by atoms with Crippen LogP contribution in [-0.4, -0.2) is 26.5 Å². The molecular formula is C28H30F3N5OS2. The molecule has 2 aromatic carbocycles. The first-order valence-corrected chi connectivity index (χ1v) is 14.1. The van der Waals surface area contributed by atoms with Crippen molar-refractivity contribution in [2.24, 2.45) is 5.41 Å². The van der Waals surface area contributed by atoms with Gasteiger partial charge < -0.3 is 5.32 Å². The number of H-pyrrole nitrogens is 1. The van der Waals surface area contributed by atoms with Gasteiger partial charge in [0.25, 0.3) is 5.91 Å². The van der Waals surface area contributed by atoms with Crippen LogP contribution in [-0.2, 0) is 12.7 Å². The molecule has 0 radical (unpaired) electrons. The molecule has 4 aromatic rings. The topological polar surface area (TPSA) is 83.6 Å². The van der Waals surface area contributed by atoms with E-state index in [4.69, 9.17) is 0 Å². The second-order valence-corrected chi connectivity index (χ2v) is 13.0. The lowest BCUT2D eigenvalue weighted by Crippen LogP contribution is -2.22. The second kappa shape index (κ2) is 11.5. The molecular weight excluding hydrogens is 543 g/mol. The molecule has 0 saturated carbocycles. The third kappa shape index (κ3) is 7.48. The quantitative estimate of drug-likeness (QED) is 0.211. The lowest BCUT2D eigenvalue weighted by Gasteiger charge is -2.25. The summed E-state index contributed by atoms with van der Waals surface area (Å²) in [7, 11) is 0. The number of aromatic nitrogens is 4. The Hall–Kier alpha value is -3.18. The number of rotatable bonds is 8. The molecule has 0 fully saturated rings. The van der Waals surface area contributed by atoms with Crippen LogP contribution in [0.2, 0.25) is 0 Å². The molecule has 0 spiro atoms. The molecule has 0 aliphatic carbocycles. The minimum Gasteiger partial charge on any atom is -0.344 e.